The van der Waals surface area contributed by atoms with Crippen LogP contribution in [0.25, 0.3) is 0 Å². The van der Waals surface area contributed by atoms with Crippen LogP contribution in [0.5, 0.6) is 0 Å². The lowest BCUT2D eigenvalue weighted by Crippen LogP contribution is -2.56. The first-order valence-electron chi connectivity index (χ1n) is 14.2. The number of thiophene rings is 1. The van der Waals surface area contributed by atoms with Gasteiger partial charge >= 0.3 is 0 Å². The van der Waals surface area contributed by atoms with Crippen LogP contribution in [-0.2, 0) is 25.7 Å². The van der Waals surface area contributed by atoms with E-state index in [1.807, 2.05) is 0 Å². The maximum Gasteiger partial charge on any atom is 0.287 e. The second-order valence-corrected chi connectivity index (χ2v) is 13.3. The molecular weight excluding hydrogens is 582 g/mol. The molecule has 1 atom stereocenters. The normalized spacial score (nSPS) is 24.5. The van der Waals surface area contributed by atoms with Crippen LogP contribution in [-0.4, -0.2) is 53.1 Å². The SMILES string of the molecule is CNC(=O)C(=O)CC[C@H](NC(=O)c1ccc(Cl)s1)C(=O)Nc1cccn(CC(=O)NC2C3CC4CC(C3)CC2C4)c1=O. The minimum Gasteiger partial charge on any atom is -0.353 e. The van der Waals surface area contributed by atoms with E-state index in [0.29, 0.717) is 16.2 Å². The summed E-state index contributed by atoms with van der Waals surface area (Å²) in [6.07, 6.45) is 6.94. The lowest BCUT2D eigenvalue weighted by Gasteiger charge is -2.54. The largest absolute Gasteiger partial charge is 0.353 e. The van der Waals surface area contributed by atoms with Crippen LogP contribution in [0.1, 0.15) is 54.6 Å². The topological polar surface area (TPSA) is 155 Å². The Balaban J connectivity index is 1.24. The third-order valence-electron chi connectivity index (χ3n) is 8.71. The number of anilines is 1. The highest BCUT2D eigenvalue weighted by Crippen LogP contribution is 2.53. The summed E-state index contributed by atoms with van der Waals surface area (Å²) in [6.45, 7) is -0.189. The summed E-state index contributed by atoms with van der Waals surface area (Å²) in [5, 5.41) is 10.5. The van der Waals surface area contributed by atoms with E-state index in [0.717, 1.165) is 48.9 Å². The molecule has 0 aliphatic heterocycles. The Kier molecular flexibility index (Phi) is 9.12. The van der Waals surface area contributed by atoms with Crippen LogP contribution < -0.4 is 26.8 Å². The zero-order valence-electron chi connectivity index (χ0n) is 23.2. The van der Waals surface area contributed by atoms with Crippen LogP contribution in [0.2, 0.25) is 4.34 Å². The van der Waals surface area contributed by atoms with Gasteiger partial charge in [-0.3, -0.25) is 28.8 Å². The van der Waals surface area contributed by atoms with E-state index in [9.17, 15) is 28.8 Å². The van der Waals surface area contributed by atoms with Gasteiger partial charge in [0.15, 0.2) is 0 Å². The van der Waals surface area contributed by atoms with Crippen molar-refractivity contribution in [1.29, 1.82) is 0 Å². The van der Waals surface area contributed by atoms with E-state index in [2.05, 4.69) is 21.3 Å². The van der Waals surface area contributed by atoms with Crippen molar-refractivity contribution in [3.8, 4) is 0 Å². The van der Waals surface area contributed by atoms with Crippen LogP contribution in [0, 0.1) is 23.7 Å². The van der Waals surface area contributed by atoms with Crippen molar-refractivity contribution >= 4 is 58.0 Å². The zero-order valence-corrected chi connectivity index (χ0v) is 24.8. The minimum absolute atomic E-state index is 0.0824. The van der Waals surface area contributed by atoms with E-state index in [1.165, 1.54) is 42.4 Å². The molecule has 11 nitrogen and oxygen atoms in total. The van der Waals surface area contributed by atoms with E-state index in [-0.39, 0.29) is 41.9 Å². The summed E-state index contributed by atoms with van der Waals surface area (Å²) >= 11 is 6.94. The number of likely N-dealkylation sites (N-methyl/N-ethyl adjacent to an activating group) is 1. The molecule has 224 valence electrons. The van der Waals surface area contributed by atoms with Crippen molar-refractivity contribution in [2.75, 3.05) is 12.4 Å². The number of hydrogen-bond donors (Lipinski definition) is 4. The molecule has 42 heavy (non-hydrogen) atoms. The molecule has 4 amide bonds. The fourth-order valence-electron chi connectivity index (χ4n) is 6.99. The molecule has 0 unspecified atom stereocenters. The number of nitrogens with zero attached hydrogens (tertiary/aromatic N) is 1. The number of amides is 4. The molecule has 4 aliphatic carbocycles. The Hall–Kier alpha value is -3.51. The van der Waals surface area contributed by atoms with Crippen molar-refractivity contribution in [3.63, 3.8) is 0 Å². The fourth-order valence-corrected chi connectivity index (χ4v) is 7.93. The van der Waals surface area contributed by atoms with Gasteiger partial charge in [0.05, 0.1) is 9.21 Å². The molecule has 0 spiro atoms. The number of pyridine rings is 1. The number of halogens is 1. The van der Waals surface area contributed by atoms with Gasteiger partial charge < -0.3 is 25.8 Å². The molecule has 2 aromatic heterocycles. The maximum atomic E-state index is 13.2. The summed E-state index contributed by atoms with van der Waals surface area (Å²) in [7, 11) is 1.32. The van der Waals surface area contributed by atoms with Gasteiger partial charge in [-0.1, -0.05) is 11.6 Å². The van der Waals surface area contributed by atoms with Gasteiger partial charge in [-0.05, 0) is 86.5 Å². The van der Waals surface area contributed by atoms with Crippen LogP contribution in [0.15, 0.2) is 35.3 Å². The first-order valence-corrected chi connectivity index (χ1v) is 15.4. The van der Waals surface area contributed by atoms with Gasteiger partial charge in [0.2, 0.25) is 17.6 Å². The van der Waals surface area contributed by atoms with Crippen molar-refractivity contribution < 1.29 is 24.0 Å². The summed E-state index contributed by atoms with van der Waals surface area (Å²) in [6, 6.07) is 4.89. The predicted molar refractivity (Wildman–Crippen MR) is 157 cm³/mol. The third-order valence-corrected chi connectivity index (χ3v) is 9.94. The lowest BCUT2D eigenvalue weighted by molar-refractivity contribution is -0.137. The number of ketones is 1. The number of nitrogens with one attached hydrogen (secondary N) is 4. The molecule has 4 bridgehead atoms. The number of aromatic nitrogens is 1. The quantitative estimate of drug-likeness (QED) is 0.284. The van der Waals surface area contributed by atoms with E-state index in [4.69, 9.17) is 11.6 Å². The highest BCUT2D eigenvalue weighted by Gasteiger charge is 2.48. The highest BCUT2D eigenvalue weighted by molar-refractivity contribution is 7.18. The summed E-state index contributed by atoms with van der Waals surface area (Å²) in [4.78, 5) is 76.2. The van der Waals surface area contributed by atoms with Crippen molar-refractivity contribution in [3.05, 3.63) is 50.0 Å². The second kappa shape index (κ2) is 12.8. The average Bonchev–Trinajstić information content (AvgIpc) is 3.40. The molecule has 0 aromatic carbocycles. The molecule has 0 saturated heterocycles. The summed E-state index contributed by atoms with van der Waals surface area (Å²) in [5.74, 6) is -0.593. The molecule has 6 rings (SSSR count). The van der Waals surface area contributed by atoms with Gasteiger partial charge in [-0.2, -0.15) is 0 Å². The second-order valence-electron chi connectivity index (χ2n) is 11.5. The van der Waals surface area contributed by atoms with Gasteiger partial charge in [0.1, 0.15) is 18.3 Å². The molecular formula is C29H34ClN5O6S. The number of Topliss-reactive ketones (excluding diaryl/α,β-unsaturated/α-hetero) is 1. The molecule has 2 heterocycles. The average molecular weight is 616 g/mol. The van der Waals surface area contributed by atoms with Gasteiger partial charge in [-0.15, -0.1) is 11.3 Å². The smallest absolute Gasteiger partial charge is 0.287 e. The van der Waals surface area contributed by atoms with E-state index >= 15 is 0 Å². The molecule has 13 heteroatoms. The fraction of sp³-hybridized carbons (Fsp3) is 0.517. The number of carbonyl (C=O) groups excluding carboxylic acids is 5. The van der Waals surface area contributed by atoms with Crippen LogP contribution >= 0.6 is 22.9 Å². The van der Waals surface area contributed by atoms with Gasteiger partial charge in [0, 0.05) is 25.7 Å². The van der Waals surface area contributed by atoms with E-state index < -0.39 is 35.1 Å². The standard InChI is InChI=1S/C29H34ClN5O6S/c1-31-27(39)21(36)5-4-19(32-28(40)22-6-7-23(30)42-22)26(38)33-20-3-2-8-35(29(20)41)14-24(37)34-25-17-10-15-9-16(12-17)13-18(25)11-15/h2-3,6-8,15-19,25H,4-5,9-14H2,1H3,(H,31,39)(H,32,40)(H,33,38)(H,34,37)/t15?,16?,17?,18?,19-,25?/m0/s1. The summed E-state index contributed by atoms with van der Waals surface area (Å²) in [5.41, 5.74) is -0.663. The Morgan fingerprint density at radius 3 is 2.33 bits per heavy atom. The van der Waals surface area contributed by atoms with Crippen molar-refractivity contribution in [1.82, 2.24) is 20.5 Å². The Morgan fingerprint density at radius 1 is 1.02 bits per heavy atom. The summed E-state index contributed by atoms with van der Waals surface area (Å²) < 4.78 is 1.62. The monoisotopic (exact) mass is 615 g/mol. The highest BCUT2D eigenvalue weighted by atomic mass is 35.5. The lowest BCUT2D eigenvalue weighted by atomic mass is 9.54. The minimum atomic E-state index is -1.24. The van der Waals surface area contributed by atoms with Gasteiger partial charge in [-0.25, -0.2) is 0 Å². The molecule has 4 aliphatic rings. The number of carbonyl (C=O) groups is 5. The first-order chi connectivity index (χ1) is 20.1. The zero-order chi connectivity index (χ0) is 30.0. The number of hydrogen-bond acceptors (Lipinski definition) is 7. The van der Waals surface area contributed by atoms with E-state index in [1.54, 1.807) is 6.07 Å². The Bertz CT molecular complexity index is 1430. The number of rotatable bonds is 11. The van der Waals surface area contributed by atoms with Crippen molar-refractivity contribution in [2.45, 2.75) is 63.6 Å². The molecule has 4 saturated carbocycles. The molecule has 2 aromatic rings. The van der Waals surface area contributed by atoms with Crippen molar-refractivity contribution in [2.24, 2.45) is 23.7 Å². The first kappa shape index (κ1) is 30.0. The van der Waals surface area contributed by atoms with Crippen LogP contribution in [0.3, 0.4) is 0 Å². The third kappa shape index (κ3) is 6.75. The molecule has 4 fully saturated rings. The Morgan fingerprint density at radius 2 is 1.71 bits per heavy atom. The maximum absolute atomic E-state index is 13.2. The predicted octanol–water partition coefficient (Wildman–Crippen LogP) is 2.34. The Labute approximate surface area is 251 Å². The molecule has 4 N–H and O–H groups in total. The van der Waals surface area contributed by atoms with Crippen LogP contribution in [0.4, 0.5) is 5.69 Å². The molecule has 0 radical (unpaired) electrons. The van der Waals surface area contributed by atoms with Gasteiger partial charge in [0.25, 0.3) is 17.4 Å².